The lowest BCUT2D eigenvalue weighted by molar-refractivity contribution is 0.338. The van der Waals surface area contributed by atoms with Gasteiger partial charge < -0.3 is 4.43 Å². The van der Waals surface area contributed by atoms with Gasteiger partial charge >= 0.3 is 11.6 Å². The highest BCUT2D eigenvalue weighted by Crippen LogP contribution is 2.37. The Morgan fingerprint density at radius 2 is 1.15 bits per heavy atom. The summed E-state index contributed by atoms with van der Waals surface area (Å²) in [5, 5.41) is 2.65. The molecule has 0 N–H and O–H groups in total. The van der Waals surface area contributed by atoms with E-state index in [9.17, 15) is 0 Å². The molecule has 0 aromatic heterocycles. The zero-order valence-electron chi connectivity index (χ0n) is 29.9. The zero-order valence-corrected chi connectivity index (χ0v) is 31.7. The number of rotatable bonds is 15. The minimum atomic E-state index is -2.51. The van der Waals surface area contributed by atoms with Gasteiger partial charge in [-0.15, -0.1) is 0 Å². The monoisotopic (exact) mass is 668 g/mol. The lowest BCUT2D eigenvalue weighted by atomic mass is 9.89. The molecule has 0 heterocycles. The second kappa shape index (κ2) is 20.8. The van der Waals surface area contributed by atoms with Gasteiger partial charge in [0.15, 0.2) is 0 Å². The molecule has 3 aromatic carbocycles. The van der Waals surface area contributed by atoms with Crippen molar-refractivity contribution in [2.75, 3.05) is 6.61 Å². The molecule has 3 nitrogen and oxygen atoms in total. The van der Waals surface area contributed by atoms with Crippen LogP contribution in [0.5, 0.6) is 0 Å². The largest absolute Gasteiger partial charge is 0.404 e. The van der Waals surface area contributed by atoms with Crippen LogP contribution in [0.2, 0.25) is 5.04 Å². The molecule has 0 saturated carbocycles. The van der Waals surface area contributed by atoms with Gasteiger partial charge in [0.05, 0.1) is 6.61 Å². The van der Waals surface area contributed by atoms with Crippen molar-refractivity contribution in [3.8, 4) is 0 Å². The maximum absolute atomic E-state index is 8.29. The molecule has 1 unspecified atom stereocenters. The van der Waals surface area contributed by atoms with Crippen LogP contribution in [0.4, 0.5) is 0 Å². The van der Waals surface area contributed by atoms with E-state index in [2.05, 4.69) is 171 Å². The van der Waals surface area contributed by atoms with Crippen LogP contribution in [0.1, 0.15) is 99.0 Å². The van der Waals surface area contributed by atoms with Crippen LogP contribution in [0, 0.1) is 0 Å². The zero-order chi connectivity index (χ0) is 34.7. The number of allylic oxidation sites excluding steroid dienone is 7. The summed E-state index contributed by atoms with van der Waals surface area (Å²) in [4.78, 5) is 0. The molecule has 0 saturated heterocycles. The Hall–Kier alpha value is -3.38. The first-order chi connectivity index (χ1) is 22.4. The smallest absolute Gasteiger partial charge is 0.335 e. The van der Waals surface area contributed by atoms with Crippen molar-refractivity contribution in [3.63, 3.8) is 0 Å². The minimum Gasteiger partial charge on any atom is -0.404 e. The van der Waals surface area contributed by atoms with Gasteiger partial charge in [0, 0.05) is 5.92 Å². The predicted octanol–water partition coefficient (Wildman–Crippen LogP) is 10.4. The molecule has 0 fully saturated rings. The molecule has 0 bridgehead atoms. The molecular weight excluding hydrogens is 613 g/mol. The molecule has 0 aliphatic rings. The first-order valence-corrected chi connectivity index (χ1v) is 19.4. The van der Waals surface area contributed by atoms with E-state index in [-0.39, 0.29) is 5.04 Å². The highest BCUT2D eigenvalue weighted by Gasteiger charge is 2.49. The van der Waals surface area contributed by atoms with Crippen molar-refractivity contribution >= 4 is 30.3 Å². The summed E-state index contributed by atoms with van der Waals surface area (Å²) in [6.07, 6.45) is 15.0. The Balaban J connectivity index is 0.00000246. The third-order valence-corrected chi connectivity index (χ3v) is 13.5. The van der Waals surface area contributed by atoms with Crippen molar-refractivity contribution in [3.05, 3.63) is 143 Å². The van der Waals surface area contributed by atoms with Crippen LogP contribution in [0.3, 0.4) is 0 Å². The van der Waals surface area contributed by atoms with Gasteiger partial charge in [-0.25, -0.2) is 0 Å². The summed E-state index contributed by atoms with van der Waals surface area (Å²) in [5.41, 5.74) is 7.13. The maximum Gasteiger partial charge on any atom is 0.335 e. The van der Waals surface area contributed by atoms with Crippen molar-refractivity contribution < 1.29 is 12.8 Å². The van der Waals surface area contributed by atoms with E-state index in [0.29, 0.717) is 12.5 Å². The van der Waals surface area contributed by atoms with Gasteiger partial charge in [0.1, 0.15) is 0 Å². The second-order valence-electron chi connectivity index (χ2n) is 13.7. The number of hydrogen-bond donors (Lipinski definition) is 0. The molecular formula is C42H56O3SSi. The highest BCUT2D eigenvalue weighted by molar-refractivity contribution is 7.51. The lowest BCUT2D eigenvalue weighted by Crippen LogP contribution is -2.66. The van der Waals surface area contributed by atoms with Gasteiger partial charge in [0.25, 0.3) is 8.32 Å². The quantitative estimate of drug-likeness (QED) is 0.120. The summed E-state index contributed by atoms with van der Waals surface area (Å²) in [7, 11) is -2.51. The Kier molecular flexibility index (Phi) is 17.6. The van der Waals surface area contributed by atoms with Crippen molar-refractivity contribution in [1.82, 2.24) is 0 Å². The third kappa shape index (κ3) is 13.3. The summed E-state index contributed by atoms with van der Waals surface area (Å²) in [5.74, 6) is 0.413. The first-order valence-electron chi connectivity index (χ1n) is 16.8. The van der Waals surface area contributed by atoms with Gasteiger partial charge in [-0.05, 0) is 87.7 Å². The van der Waals surface area contributed by atoms with E-state index in [1.807, 2.05) is 0 Å². The normalized spacial score (nSPS) is 13.3. The maximum atomic E-state index is 8.29. The van der Waals surface area contributed by atoms with Crippen LogP contribution in [-0.2, 0) is 16.0 Å². The topological polar surface area (TPSA) is 43.4 Å². The standard InChI is InChI=1S/C42H56OSi.O2S/c1-34(2)20-18-22-36(4)32-39(38-24-12-9-13-25-38)33-37(5)23-19-21-35(3)30-31-43-44(42(6,7)8,40-26-14-10-15-27-40)41-28-16-11-17-29-41;1-3-2/h9-17,20,23-30,32,39H,18-19,21-22,31,33H2,1-8H3;/b35-30-,36-32+,37-23-;. The SMILES string of the molecule is CC(C)=CCC/C(C)=C/C(C/C(C)=C\CC/C(C)=C\CO[Si](c1ccccc1)(c1ccccc1)C(C)(C)C)c1ccccc1.O=S=O. The second-order valence-corrected chi connectivity index (χ2v) is 18.2. The Morgan fingerprint density at radius 3 is 1.64 bits per heavy atom. The molecule has 0 aliphatic heterocycles. The minimum absolute atomic E-state index is 0.00889. The van der Waals surface area contributed by atoms with E-state index in [1.165, 1.54) is 38.2 Å². The molecule has 47 heavy (non-hydrogen) atoms. The molecule has 5 heteroatoms. The molecule has 0 amide bonds. The average Bonchev–Trinajstić information content (AvgIpc) is 3.04. The van der Waals surface area contributed by atoms with Crippen molar-refractivity contribution in [2.24, 2.45) is 0 Å². The van der Waals surface area contributed by atoms with Crippen LogP contribution in [0.15, 0.2) is 138 Å². The van der Waals surface area contributed by atoms with Crippen LogP contribution in [0.25, 0.3) is 0 Å². The van der Waals surface area contributed by atoms with Crippen molar-refractivity contribution in [1.29, 1.82) is 0 Å². The van der Waals surface area contributed by atoms with E-state index in [0.717, 1.165) is 32.1 Å². The summed E-state index contributed by atoms with van der Waals surface area (Å²) in [6, 6.07) is 32.8. The lowest BCUT2D eigenvalue weighted by Gasteiger charge is -2.42. The molecule has 3 rings (SSSR count). The van der Waals surface area contributed by atoms with Crippen LogP contribution < -0.4 is 10.4 Å². The molecule has 3 aromatic rings. The van der Waals surface area contributed by atoms with Gasteiger partial charge in [0.2, 0.25) is 0 Å². The fourth-order valence-corrected chi connectivity index (χ4v) is 10.6. The van der Waals surface area contributed by atoms with Gasteiger partial charge in [-0.3, -0.25) is 0 Å². The summed E-state index contributed by atoms with van der Waals surface area (Å²) < 4.78 is 23.7. The highest BCUT2D eigenvalue weighted by atomic mass is 32.1. The van der Waals surface area contributed by atoms with Crippen LogP contribution in [-0.4, -0.2) is 23.3 Å². The molecule has 0 aliphatic carbocycles. The number of hydrogen-bond acceptors (Lipinski definition) is 3. The molecule has 0 radical (unpaired) electrons. The average molecular weight is 669 g/mol. The fraction of sp³-hybridized carbons (Fsp3) is 0.381. The third-order valence-electron chi connectivity index (χ3n) is 8.53. The Bertz CT molecular complexity index is 1450. The molecule has 252 valence electrons. The summed E-state index contributed by atoms with van der Waals surface area (Å²) >= 11 is -0.750. The van der Waals surface area contributed by atoms with E-state index in [4.69, 9.17) is 12.8 Å². The summed E-state index contributed by atoms with van der Waals surface area (Å²) in [6.45, 7) is 18.9. The number of benzene rings is 3. The Morgan fingerprint density at radius 1 is 0.681 bits per heavy atom. The van der Waals surface area contributed by atoms with E-state index >= 15 is 0 Å². The first kappa shape index (κ1) is 39.8. The van der Waals surface area contributed by atoms with Crippen molar-refractivity contribution in [2.45, 2.75) is 98.5 Å². The van der Waals surface area contributed by atoms with Gasteiger partial charge in [-0.1, -0.05) is 158 Å². The van der Waals surface area contributed by atoms with Gasteiger partial charge in [-0.2, -0.15) is 8.42 Å². The predicted molar refractivity (Wildman–Crippen MR) is 205 cm³/mol. The van der Waals surface area contributed by atoms with Crippen LogP contribution >= 0.6 is 0 Å². The Labute approximate surface area is 290 Å². The molecule has 1 atom stereocenters. The van der Waals surface area contributed by atoms with E-state index < -0.39 is 19.9 Å². The van der Waals surface area contributed by atoms with E-state index in [1.54, 1.807) is 0 Å². The fourth-order valence-electron chi connectivity index (χ4n) is 6.14. The molecule has 0 spiro atoms.